The molecule has 0 radical (unpaired) electrons. The van der Waals surface area contributed by atoms with Crippen LogP contribution in [0.5, 0.6) is 0 Å². The van der Waals surface area contributed by atoms with Crippen LogP contribution in [0, 0.1) is 0 Å². The maximum Gasteiger partial charge on any atom is 0.160 e. The summed E-state index contributed by atoms with van der Waals surface area (Å²) in [4.78, 5) is 10.2. The van der Waals surface area contributed by atoms with Gasteiger partial charge in [-0.25, -0.2) is 9.97 Å². The van der Waals surface area contributed by atoms with E-state index in [0.29, 0.717) is 0 Å². The Morgan fingerprint density at radius 1 is 0.452 bits per heavy atom. The molecule has 0 aliphatic heterocycles. The molecule has 0 amide bonds. The molecular weight excluding hydrogens is 531 g/mol. The average molecular weight is 554 g/mol. The number of rotatable bonds is 3. The van der Waals surface area contributed by atoms with Crippen molar-refractivity contribution in [3.8, 4) is 28.3 Å². The molecule has 9 rings (SSSR count). The summed E-state index contributed by atoms with van der Waals surface area (Å²) < 4.78 is 5.04. The van der Waals surface area contributed by atoms with E-state index in [-0.39, 0.29) is 0 Å². The summed E-state index contributed by atoms with van der Waals surface area (Å²) >= 11 is 1.87. The molecule has 0 atom stereocenters. The number of fused-ring (bicyclic) bond motifs is 7. The number of hydrogen-bond acceptors (Lipinski definition) is 3. The van der Waals surface area contributed by atoms with Gasteiger partial charge in [0.05, 0.1) is 22.2 Å². The van der Waals surface area contributed by atoms with Crippen molar-refractivity contribution in [2.24, 2.45) is 0 Å². The standard InChI is InChI=1S/C38H23N3S/c1-3-11-24(12-4-1)37-31-21-26(19-20-32(31)39-38(40-37)25-13-5-2-6-14-25)41-33-17-9-7-15-27(33)29-23-36-30(22-34(29)41)28-16-8-10-18-35(28)42-36/h1-23H. The van der Waals surface area contributed by atoms with E-state index in [0.717, 1.165) is 39.2 Å². The molecule has 4 heteroatoms. The van der Waals surface area contributed by atoms with Crippen LogP contribution in [0.4, 0.5) is 0 Å². The van der Waals surface area contributed by atoms with E-state index in [4.69, 9.17) is 9.97 Å². The van der Waals surface area contributed by atoms with E-state index >= 15 is 0 Å². The first-order valence-corrected chi connectivity index (χ1v) is 14.9. The molecule has 0 saturated carbocycles. The Kier molecular flexibility index (Phi) is 5.07. The van der Waals surface area contributed by atoms with Gasteiger partial charge < -0.3 is 4.57 Å². The molecule has 6 aromatic carbocycles. The highest BCUT2D eigenvalue weighted by atomic mass is 32.1. The maximum absolute atomic E-state index is 5.14. The molecule has 0 aliphatic rings. The molecule has 0 N–H and O–H groups in total. The molecule has 0 spiro atoms. The van der Waals surface area contributed by atoms with E-state index < -0.39 is 0 Å². The SMILES string of the molecule is c1ccc(-c2nc(-c3ccccc3)c3cc(-n4c5ccccc5c5cc6sc7ccccc7c6cc54)ccc3n2)cc1. The minimum Gasteiger partial charge on any atom is -0.309 e. The molecule has 0 bridgehead atoms. The summed E-state index contributed by atoms with van der Waals surface area (Å²) in [6.45, 7) is 0. The molecule has 9 aromatic rings. The fourth-order valence-electron chi connectivity index (χ4n) is 6.25. The topological polar surface area (TPSA) is 30.7 Å². The number of benzene rings is 6. The fourth-order valence-corrected chi connectivity index (χ4v) is 7.38. The Labute approximate surface area is 246 Å². The van der Waals surface area contributed by atoms with Gasteiger partial charge in [0.1, 0.15) is 0 Å². The van der Waals surface area contributed by atoms with Crippen LogP contribution in [0.3, 0.4) is 0 Å². The Morgan fingerprint density at radius 2 is 1.17 bits per heavy atom. The van der Waals surface area contributed by atoms with Crippen LogP contribution in [0.1, 0.15) is 0 Å². The Morgan fingerprint density at radius 3 is 2.00 bits per heavy atom. The van der Waals surface area contributed by atoms with Gasteiger partial charge in [0.15, 0.2) is 5.82 Å². The van der Waals surface area contributed by atoms with Crippen molar-refractivity contribution in [2.75, 3.05) is 0 Å². The summed E-state index contributed by atoms with van der Waals surface area (Å²) in [5.74, 6) is 0.735. The van der Waals surface area contributed by atoms with Gasteiger partial charge in [-0.15, -0.1) is 11.3 Å². The van der Waals surface area contributed by atoms with Crippen LogP contribution in [0.2, 0.25) is 0 Å². The van der Waals surface area contributed by atoms with Gasteiger partial charge in [-0.2, -0.15) is 0 Å². The second-order valence-corrected chi connectivity index (χ2v) is 11.7. The number of thiophene rings is 1. The molecule has 0 saturated heterocycles. The van der Waals surface area contributed by atoms with Crippen LogP contribution in [-0.2, 0) is 0 Å². The molecule has 3 heterocycles. The van der Waals surface area contributed by atoms with Crippen LogP contribution in [0.25, 0.3) is 81.2 Å². The van der Waals surface area contributed by atoms with Crippen LogP contribution in [0.15, 0.2) is 140 Å². The zero-order chi connectivity index (χ0) is 27.6. The van der Waals surface area contributed by atoms with Gasteiger partial charge in [-0.3, -0.25) is 0 Å². The van der Waals surface area contributed by atoms with Crippen molar-refractivity contribution < 1.29 is 0 Å². The van der Waals surface area contributed by atoms with Gasteiger partial charge in [0.25, 0.3) is 0 Å². The number of nitrogens with zero attached hydrogens (tertiary/aromatic N) is 3. The van der Waals surface area contributed by atoms with Crippen molar-refractivity contribution in [1.29, 1.82) is 0 Å². The van der Waals surface area contributed by atoms with Crippen LogP contribution >= 0.6 is 11.3 Å². The normalized spacial score (nSPS) is 11.8. The molecule has 3 aromatic heterocycles. The molecule has 3 nitrogen and oxygen atoms in total. The molecule has 42 heavy (non-hydrogen) atoms. The highest BCUT2D eigenvalue weighted by Gasteiger charge is 2.17. The molecular formula is C38H23N3S. The monoisotopic (exact) mass is 553 g/mol. The Balaban J connectivity index is 1.35. The number of para-hydroxylation sites is 1. The fraction of sp³-hybridized carbons (Fsp3) is 0. The zero-order valence-corrected chi connectivity index (χ0v) is 23.3. The third-order valence-electron chi connectivity index (χ3n) is 8.19. The van der Waals surface area contributed by atoms with E-state index in [1.807, 2.05) is 35.6 Å². The largest absolute Gasteiger partial charge is 0.309 e. The van der Waals surface area contributed by atoms with Crippen LogP contribution < -0.4 is 0 Å². The quantitative estimate of drug-likeness (QED) is 0.218. The highest BCUT2D eigenvalue weighted by molar-refractivity contribution is 7.25. The first-order valence-electron chi connectivity index (χ1n) is 14.1. The Bertz CT molecular complexity index is 2460. The third-order valence-corrected chi connectivity index (χ3v) is 9.32. The summed E-state index contributed by atoms with van der Waals surface area (Å²) in [6, 6.07) is 49.4. The predicted molar refractivity (Wildman–Crippen MR) is 178 cm³/mol. The second kappa shape index (κ2) is 9.10. The maximum atomic E-state index is 5.14. The van der Waals surface area contributed by atoms with E-state index in [1.165, 1.54) is 42.0 Å². The average Bonchev–Trinajstić information content (AvgIpc) is 3.58. The smallest absolute Gasteiger partial charge is 0.160 e. The highest BCUT2D eigenvalue weighted by Crippen LogP contribution is 2.41. The van der Waals surface area contributed by atoms with Crippen molar-refractivity contribution in [2.45, 2.75) is 0 Å². The van der Waals surface area contributed by atoms with E-state index in [9.17, 15) is 0 Å². The zero-order valence-electron chi connectivity index (χ0n) is 22.5. The lowest BCUT2D eigenvalue weighted by Crippen LogP contribution is -1.98. The second-order valence-electron chi connectivity index (χ2n) is 10.6. The summed E-state index contributed by atoms with van der Waals surface area (Å²) in [7, 11) is 0. The third kappa shape index (κ3) is 3.52. The lowest BCUT2D eigenvalue weighted by Gasteiger charge is -2.13. The van der Waals surface area contributed by atoms with Crippen molar-refractivity contribution >= 4 is 64.2 Å². The van der Waals surface area contributed by atoms with E-state index in [1.54, 1.807) is 0 Å². The van der Waals surface area contributed by atoms with Crippen molar-refractivity contribution in [1.82, 2.24) is 14.5 Å². The van der Waals surface area contributed by atoms with Gasteiger partial charge in [0.2, 0.25) is 0 Å². The number of hydrogen-bond donors (Lipinski definition) is 0. The minimum absolute atomic E-state index is 0.735. The minimum atomic E-state index is 0.735. The summed E-state index contributed by atoms with van der Waals surface area (Å²) in [5.41, 5.74) is 7.45. The molecule has 0 aliphatic carbocycles. The van der Waals surface area contributed by atoms with Gasteiger partial charge >= 0.3 is 0 Å². The molecule has 0 fully saturated rings. The number of aromatic nitrogens is 3. The summed E-state index contributed by atoms with van der Waals surface area (Å²) in [6.07, 6.45) is 0. The predicted octanol–water partition coefficient (Wildman–Crippen LogP) is 10.4. The lowest BCUT2D eigenvalue weighted by atomic mass is 10.0. The first-order chi connectivity index (χ1) is 20.8. The molecule has 196 valence electrons. The van der Waals surface area contributed by atoms with Gasteiger partial charge in [-0.05, 0) is 42.5 Å². The summed E-state index contributed by atoms with van der Waals surface area (Å²) in [5, 5.41) is 6.16. The van der Waals surface area contributed by atoms with Gasteiger partial charge in [0, 0.05) is 53.1 Å². The van der Waals surface area contributed by atoms with Crippen molar-refractivity contribution in [3.05, 3.63) is 140 Å². The van der Waals surface area contributed by atoms with Crippen molar-refractivity contribution in [3.63, 3.8) is 0 Å². The van der Waals surface area contributed by atoms with E-state index in [2.05, 4.69) is 120 Å². The van der Waals surface area contributed by atoms with Crippen LogP contribution in [-0.4, -0.2) is 14.5 Å². The lowest BCUT2D eigenvalue weighted by molar-refractivity contribution is 1.18. The molecule has 0 unspecified atom stereocenters. The van der Waals surface area contributed by atoms with Gasteiger partial charge in [-0.1, -0.05) is 97.1 Å². The Hall–Kier alpha value is -5.32. The first kappa shape index (κ1) is 23.4.